The molecule has 2 aliphatic heterocycles. The van der Waals surface area contributed by atoms with Crippen LogP contribution in [-0.2, 0) is 21.9 Å². The van der Waals surface area contributed by atoms with Crippen LogP contribution in [0.5, 0.6) is 0 Å². The van der Waals surface area contributed by atoms with Crippen molar-refractivity contribution < 1.29 is 35.9 Å². The number of carbonyl (C=O) groups is 2. The number of nitrogens with one attached hydrogen (secondary N) is 1. The van der Waals surface area contributed by atoms with Gasteiger partial charge >= 0.3 is 12.4 Å². The first-order chi connectivity index (χ1) is 17.6. The predicted molar refractivity (Wildman–Crippen MR) is 131 cm³/mol. The molecular weight excluding hydrogens is 512 g/mol. The summed E-state index contributed by atoms with van der Waals surface area (Å²) in [5, 5.41) is 2.33. The molecule has 0 saturated carbocycles. The Morgan fingerprint density at radius 3 is 2.00 bits per heavy atom. The fourth-order valence-corrected chi connectivity index (χ4v) is 5.54. The average Bonchev–Trinajstić information content (AvgIpc) is 3.41. The summed E-state index contributed by atoms with van der Waals surface area (Å²) in [6.45, 7) is 6.73. The minimum absolute atomic E-state index is 0.0140. The molecule has 0 spiro atoms. The number of anilines is 2. The van der Waals surface area contributed by atoms with Crippen LogP contribution in [0.3, 0.4) is 0 Å². The van der Waals surface area contributed by atoms with E-state index < -0.39 is 46.4 Å². The van der Waals surface area contributed by atoms with E-state index in [9.17, 15) is 35.9 Å². The number of halogens is 6. The monoisotopic (exact) mass is 541 g/mol. The number of hydrogen-bond acceptors (Lipinski definition) is 3. The summed E-state index contributed by atoms with van der Waals surface area (Å²) in [7, 11) is 0. The van der Waals surface area contributed by atoms with Crippen LogP contribution in [0.2, 0.25) is 0 Å². The third-order valence-electron chi connectivity index (χ3n) is 7.62. The lowest BCUT2D eigenvalue weighted by Crippen LogP contribution is -2.50. The molecule has 11 heteroatoms. The van der Waals surface area contributed by atoms with Crippen LogP contribution in [0.4, 0.5) is 37.7 Å². The van der Waals surface area contributed by atoms with Gasteiger partial charge in [0.1, 0.15) is 0 Å². The molecule has 4 rings (SSSR count). The highest BCUT2D eigenvalue weighted by atomic mass is 19.4. The minimum atomic E-state index is -5.05. The van der Waals surface area contributed by atoms with Gasteiger partial charge in [-0.2, -0.15) is 26.3 Å². The highest BCUT2D eigenvalue weighted by Gasteiger charge is 2.56. The number of carbonyl (C=O) groups excluding carboxylic acids is 2. The standard InChI is InChI=1S/C27H29F6N3O2/c1-16-7-6-8-17(2)22(16)36-15-25(18(3)23(36)37,14-35-9-4-5-10-35)24(38)34-21-12-19(26(28,29)30)11-20(13-21)27(31,32)33/h6-8,11-13,18H,4-5,9-10,14-15H2,1-3H3,(H,34,38)/t18?,25-/m1/s1. The number of benzene rings is 2. The van der Waals surface area contributed by atoms with Crippen molar-refractivity contribution >= 4 is 23.2 Å². The van der Waals surface area contributed by atoms with Crippen molar-refractivity contribution in [2.45, 2.75) is 46.0 Å². The van der Waals surface area contributed by atoms with E-state index in [0.29, 0.717) is 30.9 Å². The topological polar surface area (TPSA) is 52.6 Å². The normalized spacial score (nSPS) is 22.8. The fourth-order valence-electron chi connectivity index (χ4n) is 5.54. The summed E-state index contributed by atoms with van der Waals surface area (Å²) >= 11 is 0. The zero-order valence-corrected chi connectivity index (χ0v) is 21.3. The molecule has 2 amide bonds. The summed E-state index contributed by atoms with van der Waals surface area (Å²) in [5.41, 5.74) is -2.79. The average molecular weight is 542 g/mol. The lowest BCUT2D eigenvalue weighted by Gasteiger charge is -2.34. The summed E-state index contributed by atoms with van der Waals surface area (Å²) in [5.74, 6) is -1.97. The van der Waals surface area contributed by atoms with Crippen molar-refractivity contribution in [2.24, 2.45) is 11.3 Å². The Labute approximate surface area is 216 Å². The summed E-state index contributed by atoms with van der Waals surface area (Å²) in [6.07, 6.45) is -8.32. The van der Waals surface area contributed by atoms with Crippen molar-refractivity contribution in [3.63, 3.8) is 0 Å². The number of alkyl halides is 6. The molecule has 206 valence electrons. The number of rotatable bonds is 5. The van der Waals surface area contributed by atoms with Gasteiger partial charge in [-0.3, -0.25) is 9.59 Å². The van der Waals surface area contributed by atoms with Crippen molar-refractivity contribution in [3.8, 4) is 0 Å². The van der Waals surface area contributed by atoms with E-state index in [1.165, 1.54) is 4.90 Å². The van der Waals surface area contributed by atoms with E-state index in [1.807, 2.05) is 36.9 Å². The van der Waals surface area contributed by atoms with Gasteiger partial charge in [-0.1, -0.05) is 25.1 Å². The highest BCUT2D eigenvalue weighted by molar-refractivity contribution is 6.08. The maximum Gasteiger partial charge on any atom is 0.416 e. The predicted octanol–water partition coefficient (Wildman–Crippen LogP) is 6.04. The van der Waals surface area contributed by atoms with Gasteiger partial charge in [0.15, 0.2) is 0 Å². The molecule has 2 fully saturated rings. The van der Waals surface area contributed by atoms with Gasteiger partial charge < -0.3 is 15.1 Å². The molecule has 2 atom stereocenters. The largest absolute Gasteiger partial charge is 0.416 e. The Morgan fingerprint density at radius 2 is 1.50 bits per heavy atom. The molecule has 0 aromatic heterocycles. The molecule has 2 saturated heterocycles. The van der Waals surface area contributed by atoms with Crippen LogP contribution in [0, 0.1) is 25.2 Å². The second-order valence-corrected chi connectivity index (χ2v) is 10.3. The third kappa shape index (κ3) is 5.25. The van der Waals surface area contributed by atoms with E-state index in [0.717, 1.165) is 24.0 Å². The molecule has 2 aliphatic rings. The number of likely N-dealkylation sites (tertiary alicyclic amines) is 1. The highest BCUT2D eigenvalue weighted by Crippen LogP contribution is 2.44. The third-order valence-corrected chi connectivity index (χ3v) is 7.62. The molecular formula is C27H29F6N3O2. The number of nitrogens with zero attached hydrogens (tertiary/aromatic N) is 2. The summed E-state index contributed by atoms with van der Waals surface area (Å²) in [4.78, 5) is 31.0. The van der Waals surface area contributed by atoms with Crippen LogP contribution in [0.25, 0.3) is 0 Å². The second kappa shape index (κ2) is 9.91. The molecule has 38 heavy (non-hydrogen) atoms. The number of hydrogen-bond donors (Lipinski definition) is 1. The first kappa shape index (κ1) is 27.9. The van der Waals surface area contributed by atoms with Gasteiger partial charge in [-0.15, -0.1) is 0 Å². The molecule has 2 aromatic rings. The first-order valence-electron chi connectivity index (χ1n) is 12.3. The van der Waals surface area contributed by atoms with E-state index in [-0.39, 0.29) is 25.1 Å². The molecule has 1 unspecified atom stereocenters. The lowest BCUT2D eigenvalue weighted by atomic mass is 9.77. The molecule has 2 heterocycles. The van der Waals surface area contributed by atoms with Crippen LogP contribution >= 0.6 is 0 Å². The summed E-state index contributed by atoms with van der Waals surface area (Å²) in [6, 6.07) is 6.50. The first-order valence-corrected chi connectivity index (χ1v) is 12.3. The zero-order chi connectivity index (χ0) is 28.0. The SMILES string of the molecule is Cc1cccc(C)c1N1C[C@@](CN2CCCC2)(C(=O)Nc2cc(C(F)(F)F)cc(C(F)(F)F)c2)C(C)C1=O. The van der Waals surface area contributed by atoms with Crippen molar-refractivity contribution in [1.29, 1.82) is 0 Å². The van der Waals surface area contributed by atoms with Gasteiger partial charge in [0.2, 0.25) is 11.8 Å². The number of amides is 2. The van der Waals surface area contributed by atoms with Crippen molar-refractivity contribution in [2.75, 3.05) is 36.4 Å². The van der Waals surface area contributed by atoms with Gasteiger partial charge in [-0.05, 0) is 69.1 Å². The maximum absolute atomic E-state index is 13.9. The lowest BCUT2D eigenvalue weighted by molar-refractivity contribution is -0.143. The molecule has 0 bridgehead atoms. The van der Waals surface area contributed by atoms with Crippen LogP contribution in [0.1, 0.15) is 42.0 Å². The van der Waals surface area contributed by atoms with Gasteiger partial charge in [-0.25, -0.2) is 0 Å². The quantitative estimate of drug-likeness (QED) is 0.470. The van der Waals surface area contributed by atoms with E-state index in [4.69, 9.17) is 0 Å². The Bertz CT molecular complexity index is 1180. The van der Waals surface area contributed by atoms with Crippen LogP contribution in [-0.4, -0.2) is 42.9 Å². The molecule has 5 nitrogen and oxygen atoms in total. The molecule has 2 aromatic carbocycles. The summed E-state index contributed by atoms with van der Waals surface area (Å²) < 4.78 is 80.5. The Kier molecular flexibility index (Phi) is 7.28. The number of aryl methyl sites for hydroxylation is 2. The van der Waals surface area contributed by atoms with Crippen LogP contribution in [0.15, 0.2) is 36.4 Å². The van der Waals surface area contributed by atoms with Gasteiger partial charge in [0.05, 0.1) is 22.5 Å². The van der Waals surface area contributed by atoms with Crippen LogP contribution < -0.4 is 10.2 Å². The number of para-hydroxylation sites is 1. The molecule has 1 N–H and O–H groups in total. The Balaban J connectivity index is 1.76. The van der Waals surface area contributed by atoms with E-state index in [1.54, 1.807) is 6.92 Å². The van der Waals surface area contributed by atoms with E-state index >= 15 is 0 Å². The van der Waals surface area contributed by atoms with E-state index in [2.05, 4.69) is 5.32 Å². The van der Waals surface area contributed by atoms with Crippen molar-refractivity contribution in [1.82, 2.24) is 4.90 Å². The Hall–Kier alpha value is -3.08. The fraction of sp³-hybridized carbons (Fsp3) is 0.481. The van der Waals surface area contributed by atoms with Gasteiger partial charge in [0, 0.05) is 24.5 Å². The molecule has 0 radical (unpaired) electrons. The van der Waals surface area contributed by atoms with Gasteiger partial charge in [0.25, 0.3) is 0 Å². The van der Waals surface area contributed by atoms with Crippen molar-refractivity contribution in [3.05, 3.63) is 58.7 Å². The maximum atomic E-state index is 13.9. The smallest absolute Gasteiger partial charge is 0.325 e. The minimum Gasteiger partial charge on any atom is -0.325 e. The second-order valence-electron chi connectivity index (χ2n) is 10.3. The Morgan fingerprint density at radius 1 is 0.974 bits per heavy atom. The zero-order valence-electron chi connectivity index (χ0n) is 21.3. The molecule has 0 aliphatic carbocycles.